The van der Waals surface area contributed by atoms with Crippen molar-refractivity contribution in [1.82, 2.24) is 0 Å². The van der Waals surface area contributed by atoms with Crippen LogP contribution in [0, 0.1) is 0 Å². The summed E-state index contributed by atoms with van der Waals surface area (Å²) in [5, 5.41) is 17.5. The Bertz CT molecular complexity index is 276. The van der Waals surface area contributed by atoms with Gasteiger partial charge in [-0.1, -0.05) is 18.2 Å². The molecule has 0 unspecified atom stereocenters. The van der Waals surface area contributed by atoms with Crippen LogP contribution in [0.4, 0.5) is 0 Å². The molecule has 0 bridgehead atoms. The molecule has 0 saturated carbocycles. The number of hydrogen-bond acceptors (Lipinski definition) is 2. The molecular weight excluding hydrogens is 222 g/mol. The van der Waals surface area contributed by atoms with Gasteiger partial charge in [0.2, 0.25) is 0 Å². The van der Waals surface area contributed by atoms with Gasteiger partial charge in [-0.3, -0.25) is 4.79 Å². The van der Waals surface area contributed by atoms with E-state index in [0.717, 1.165) is 0 Å². The molecule has 0 amide bonds. The molecule has 0 aliphatic heterocycles. The van der Waals surface area contributed by atoms with Crippen molar-refractivity contribution in [2.24, 2.45) is 0 Å². The van der Waals surface area contributed by atoms with Crippen molar-refractivity contribution in [3.63, 3.8) is 0 Å². The molecule has 0 radical (unpaired) electrons. The first kappa shape index (κ1) is 17.2. The second-order valence-corrected chi connectivity index (χ2v) is 2.20. The van der Waals surface area contributed by atoms with Crippen LogP contribution in [0.25, 0.3) is 0 Å². The SMILES string of the molecule is O=C(O)Cc1ccccc1O.[KH].[KH]. The Balaban J connectivity index is 0. The van der Waals surface area contributed by atoms with Crippen LogP contribution < -0.4 is 0 Å². The monoisotopic (exact) mass is 232 g/mol. The van der Waals surface area contributed by atoms with Gasteiger partial charge in [-0.15, -0.1) is 0 Å². The van der Waals surface area contributed by atoms with E-state index in [1.807, 2.05) is 0 Å². The molecule has 0 fully saturated rings. The standard InChI is InChI=1S/C8H8O3.2K.2H/c9-7-4-2-1-3-6(7)5-8(10)11;;;;/h1-4,9H,5H2,(H,10,11);;;;. The van der Waals surface area contributed by atoms with Crippen molar-refractivity contribution in [1.29, 1.82) is 0 Å². The number of para-hydroxylation sites is 1. The van der Waals surface area contributed by atoms with Gasteiger partial charge in [-0.2, -0.15) is 0 Å². The van der Waals surface area contributed by atoms with Crippen molar-refractivity contribution in [3.05, 3.63) is 29.8 Å². The molecule has 13 heavy (non-hydrogen) atoms. The van der Waals surface area contributed by atoms with Crippen LogP contribution in [0.5, 0.6) is 5.75 Å². The van der Waals surface area contributed by atoms with Crippen LogP contribution in [-0.2, 0) is 11.2 Å². The van der Waals surface area contributed by atoms with Crippen LogP contribution in [0.2, 0.25) is 0 Å². The van der Waals surface area contributed by atoms with Crippen molar-refractivity contribution in [2.45, 2.75) is 6.42 Å². The molecule has 0 aromatic heterocycles. The Kier molecular flexibility index (Phi) is 11.9. The summed E-state index contributed by atoms with van der Waals surface area (Å²) < 4.78 is 0. The third-order valence-corrected chi connectivity index (χ3v) is 1.33. The Morgan fingerprint density at radius 1 is 1.23 bits per heavy atom. The Morgan fingerprint density at radius 2 is 1.77 bits per heavy atom. The Morgan fingerprint density at radius 3 is 2.23 bits per heavy atom. The molecule has 0 spiro atoms. The number of carboxylic acid groups (broad SMARTS) is 1. The predicted molar refractivity (Wildman–Crippen MR) is 53.7 cm³/mol. The molecule has 2 N–H and O–H groups in total. The Hall–Kier alpha value is 1.76. The zero-order valence-electron chi connectivity index (χ0n) is 5.82. The van der Waals surface area contributed by atoms with Crippen LogP contribution >= 0.6 is 0 Å². The van der Waals surface area contributed by atoms with Gasteiger partial charge in [-0.05, 0) is 6.07 Å². The number of carboxylic acids is 1. The van der Waals surface area contributed by atoms with Gasteiger partial charge in [0.1, 0.15) is 5.75 Å². The topological polar surface area (TPSA) is 57.5 Å². The molecule has 0 saturated heterocycles. The third-order valence-electron chi connectivity index (χ3n) is 1.33. The summed E-state index contributed by atoms with van der Waals surface area (Å²) in [7, 11) is 0. The van der Waals surface area contributed by atoms with Crippen LogP contribution in [0.15, 0.2) is 24.3 Å². The molecule has 0 aliphatic rings. The number of phenolic OH excluding ortho intramolecular Hbond substituents is 1. The number of aromatic hydroxyl groups is 1. The average molecular weight is 232 g/mol. The van der Waals surface area contributed by atoms with E-state index in [1.54, 1.807) is 18.2 Å². The summed E-state index contributed by atoms with van der Waals surface area (Å²) in [5.74, 6) is -0.901. The molecule has 0 aliphatic carbocycles. The Labute approximate surface area is 162 Å². The van der Waals surface area contributed by atoms with Gasteiger partial charge >= 0.3 is 109 Å². The molecule has 1 rings (SSSR count). The van der Waals surface area contributed by atoms with Crippen LogP contribution in [0.1, 0.15) is 5.56 Å². The minimum atomic E-state index is -0.938. The zero-order chi connectivity index (χ0) is 8.27. The van der Waals surface area contributed by atoms with E-state index < -0.39 is 5.97 Å². The molecular formula is C8H10K2O3. The summed E-state index contributed by atoms with van der Waals surface area (Å²) in [5.41, 5.74) is 0.444. The second-order valence-electron chi connectivity index (χ2n) is 2.20. The molecule has 0 atom stereocenters. The van der Waals surface area contributed by atoms with E-state index in [1.165, 1.54) is 6.07 Å². The summed E-state index contributed by atoms with van der Waals surface area (Å²) in [6, 6.07) is 6.40. The fraction of sp³-hybridized carbons (Fsp3) is 0.125. The maximum absolute atomic E-state index is 10.2. The molecule has 1 aromatic carbocycles. The van der Waals surface area contributed by atoms with Gasteiger partial charge in [0.15, 0.2) is 0 Å². The van der Waals surface area contributed by atoms with E-state index in [0.29, 0.717) is 5.56 Å². The number of carbonyl (C=O) groups is 1. The summed E-state index contributed by atoms with van der Waals surface area (Å²) in [4.78, 5) is 10.2. The molecule has 3 nitrogen and oxygen atoms in total. The van der Waals surface area contributed by atoms with Crippen molar-refractivity contribution in [2.75, 3.05) is 0 Å². The number of aliphatic carboxylic acids is 1. The first-order valence-corrected chi connectivity index (χ1v) is 3.19. The quantitative estimate of drug-likeness (QED) is 0.690. The number of hydrogen-bond donors (Lipinski definition) is 2. The van der Waals surface area contributed by atoms with Gasteiger partial charge in [0.25, 0.3) is 0 Å². The normalized spacial score (nSPS) is 8.00. The zero-order valence-corrected chi connectivity index (χ0v) is 5.82. The van der Waals surface area contributed by atoms with Crippen LogP contribution in [-0.4, -0.2) is 119 Å². The molecule has 5 heteroatoms. The van der Waals surface area contributed by atoms with Gasteiger partial charge < -0.3 is 10.2 Å². The van der Waals surface area contributed by atoms with Gasteiger partial charge in [-0.25, -0.2) is 0 Å². The van der Waals surface area contributed by atoms with E-state index in [-0.39, 0.29) is 115 Å². The fourth-order valence-corrected chi connectivity index (χ4v) is 0.823. The minimum absolute atomic E-state index is 0. The molecule has 0 heterocycles. The summed E-state index contributed by atoms with van der Waals surface area (Å²) in [6.45, 7) is 0. The second kappa shape index (κ2) is 9.02. The first-order chi connectivity index (χ1) is 5.20. The van der Waals surface area contributed by atoms with Crippen molar-refractivity contribution >= 4 is 109 Å². The average Bonchev–Trinajstić information content (AvgIpc) is 1.93. The first-order valence-electron chi connectivity index (χ1n) is 3.19. The summed E-state index contributed by atoms with van der Waals surface area (Å²) in [6.07, 6.45) is -0.132. The van der Waals surface area contributed by atoms with E-state index in [2.05, 4.69) is 0 Å². The maximum atomic E-state index is 10.2. The number of phenols is 1. The van der Waals surface area contributed by atoms with E-state index >= 15 is 0 Å². The van der Waals surface area contributed by atoms with Gasteiger partial charge in [0, 0.05) is 5.56 Å². The van der Waals surface area contributed by atoms with Gasteiger partial charge in [0.05, 0.1) is 6.42 Å². The van der Waals surface area contributed by atoms with E-state index in [9.17, 15) is 4.79 Å². The predicted octanol–water partition coefficient (Wildman–Crippen LogP) is -0.278. The van der Waals surface area contributed by atoms with Crippen LogP contribution in [0.3, 0.4) is 0 Å². The number of benzene rings is 1. The van der Waals surface area contributed by atoms with Crippen molar-refractivity contribution in [3.8, 4) is 5.75 Å². The molecule has 1 aromatic rings. The van der Waals surface area contributed by atoms with E-state index in [4.69, 9.17) is 10.2 Å². The molecule has 62 valence electrons. The van der Waals surface area contributed by atoms with Crippen molar-refractivity contribution < 1.29 is 15.0 Å². The fourth-order valence-electron chi connectivity index (χ4n) is 0.823. The third kappa shape index (κ3) is 6.78. The summed E-state index contributed by atoms with van der Waals surface area (Å²) >= 11 is 0. The number of rotatable bonds is 2.